The molecular formula is C19H17FN4OS. The monoisotopic (exact) mass is 368 g/mol. The summed E-state index contributed by atoms with van der Waals surface area (Å²) >= 11 is 1.85. The maximum atomic E-state index is 14.6. The lowest BCUT2D eigenvalue weighted by atomic mass is 10.0. The molecule has 1 N–H and O–H groups in total. The number of hydrogen-bond acceptors (Lipinski definition) is 6. The first kappa shape index (κ1) is 16.8. The molecule has 1 fully saturated rings. The highest BCUT2D eigenvalue weighted by Gasteiger charge is 2.17. The maximum absolute atomic E-state index is 14.6. The second-order valence-electron chi connectivity index (χ2n) is 6.12. The van der Waals surface area contributed by atoms with Gasteiger partial charge in [0.25, 0.3) is 0 Å². The lowest BCUT2D eigenvalue weighted by Crippen LogP contribution is -2.19. The molecule has 132 valence electrons. The average molecular weight is 368 g/mol. The minimum atomic E-state index is -0.440. The number of benzene rings is 1. The third kappa shape index (κ3) is 3.22. The zero-order valence-corrected chi connectivity index (χ0v) is 15.0. The van der Waals surface area contributed by atoms with Crippen LogP contribution in [0.2, 0.25) is 0 Å². The molecule has 2 aromatic heterocycles. The summed E-state index contributed by atoms with van der Waals surface area (Å²) in [5.41, 5.74) is 2.52. The number of phenolic OH excluding ortho intramolecular Hbond substituents is 1. The predicted molar refractivity (Wildman–Crippen MR) is 102 cm³/mol. The Morgan fingerprint density at radius 3 is 2.65 bits per heavy atom. The molecule has 1 aliphatic rings. The summed E-state index contributed by atoms with van der Waals surface area (Å²) in [5, 5.41) is 18.8. The minimum Gasteiger partial charge on any atom is -0.507 e. The van der Waals surface area contributed by atoms with Gasteiger partial charge >= 0.3 is 0 Å². The lowest BCUT2D eigenvalue weighted by Gasteiger charge is -2.15. The summed E-state index contributed by atoms with van der Waals surface area (Å²) in [7, 11) is 0. The third-order valence-corrected chi connectivity index (χ3v) is 5.28. The Hall–Kier alpha value is -2.67. The van der Waals surface area contributed by atoms with Crippen LogP contribution in [0.3, 0.4) is 0 Å². The molecule has 0 radical (unpaired) electrons. The van der Waals surface area contributed by atoms with Crippen molar-refractivity contribution in [2.75, 3.05) is 23.1 Å². The molecule has 0 atom stereocenters. The zero-order valence-electron chi connectivity index (χ0n) is 14.2. The van der Waals surface area contributed by atoms with Crippen LogP contribution in [0.15, 0.2) is 42.6 Å². The Morgan fingerprint density at radius 2 is 2.00 bits per heavy atom. The highest BCUT2D eigenvalue weighted by atomic mass is 32.2. The second-order valence-corrected chi connectivity index (χ2v) is 7.19. The number of aryl methyl sites for hydroxylation is 1. The van der Waals surface area contributed by atoms with Gasteiger partial charge in [0, 0.05) is 40.9 Å². The molecule has 0 amide bonds. The van der Waals surface area contributed by atoms with Crippen LogP contribution in [0.4, 0.5) is 10.2 Å². The molecular weight excluding hydrogens is 351 g/mol. The van der Waals surface area contributed by atoms with E-state index in [1.54, 1.807) is 24.4 Å². The van der Waals surface area contributed by atoms with Crippen molar-refractivity contribution in [1.29, 1.82) is 0 Å². The van der Waals surface area contributed by atoms with Crippen LogP contribution in [-0.2, 0) is 0 Å². The van der Waals surface area contributed by atoms with Crippen LogP contribution in [0.5, 0.6) is 5.75 Å². The van der Waals surface area contributed by atoms with E-state index in [2.05, 4.69) is 20.1 Å². The van der Waals surface area contributed by atoms with E-state index >= 15 is 0 Å². The van der Waals surface area contributed by atoms with Gasteiger partial charge in [-0.05, 0) is 37.3 Å². The highest BCUT2D eigenvalue weighted by Crippen LogP contribution is 2.35. The number of hydrogen-bond donors (Lipinski definition) is 1. The molecule has 0 unspecified atom stereocenters. The van der Waals surface area contributed by atoms with Gasteiger partial charge in [-0.3, -0.25) is 4.98 Å². The van der Waals surface area contributed by atoms with Gasteiger partial charge in [-0.25, -0.2) is 4.39 Å². The van der Waals surface area contributed by atoms with Gasteiger partial charge in [-0.15, -0.1) is 22.0 Å². The normalized spacial score (nSPS) is 14.0. The van der Waals surface area contributed by atoms with Gasteiger partial charge in [-0.2, -0.15) is 0 Å². The molecule has 1 aliphatic heterocycles. The molecule has 5 nitrogen and oxygen atoms in total. The number of halogens is 1. The molecule has 1 saturated heterocycles. The van der Waals surface area contributed by atoms with E-state index in [9.17, 15) is 9.50 Å². The fourth-order valence-electron chi connectivity index (χ4n) is 2.85. The van der Waals surface area contributed by atoms with Gasteiger partial charge in [0.15, 0.2) is 5.82 Å². The van der Waals surface area contributed by atoms with E-state index in [-0.39, 0.29) is 5.75 Å². The van der Waals surface area contributed by atoms with Crippen molar-refractivity contribution in [3.63, 3.8) is 0 Å². The lowest BCUT2D eigenvalue weighted by molar-refractivity contribution is 0.475. The Balaban J connectivity index is 1.66. The number of nitrogens with zero attached hydrogens (tertiary/aromatic N) is 4. The number of aromatic hydroxyl groups is 1. The SMILES string of the molecule is Cc1ccc(-c2cc(O)c(-c3ccc(N4CCSC4)nn3)cc2F)cn1. The van der Waals surface area contributed by atoms with Crippen LogP contribution < -0.4 is 4.90 Å². The number of aromatic nitrogens is 3. The topological polar surface area (TPSA) is 62.1 Å². The van der Waals surface area contributed by atoms with Crippen molar-refractivity contribution in [1.82, 2.24) is 15.2 Å². The van der Waals surface area contributed by atoms with Crippen molar-refractivity contribution < 1.29 is 9.50 Å². The summed E-state index contributed by atoms with van der Waals surface area (Å²) in [6, 6.07) is 9.89. The van der Waals surface area contributed by atoms with Crippen molar-refractivity contribution in [2.24, 2.45) is 0 Å². The van der Waals surface area contributed by atoms with Crippen molar-refractivity contribution >= 4 is 17.6 Å². The van der Waals surface area contributed by atoms with Crippen molar-refractivity contribution in [3.05, 3.63) is 54.1 Å². The fourth-order valence-corrected chi connectivity index (χ4v) is 3.81. The van der Waals surface area contributed by atoms with Crippen LogP contribution in [0.25, 0.3) is 22.4 Å². The van der Waals surface area contributed by atoms with E-state index in [0.717, 1.165) is 29.7 Å². The molecule has 0 spiro atoms. The molecule has 0 bridgehead atoms. The molecule has 3 aromatic rings. The standard InChI is InChI=1S/C19H17FN4OS/c1-12-2-3-13(10-21-12)14-9-18(25)15(8-16(14)20)17-4-5-19(23-22-17)24-6-7-26-11-24/h2-5,8-10,25H,6-7,11H2,1H3. The summed E-state index contributed by atoms with van der Waals surface area (Å²) in [6.45, 7) is 2.81. The summed E-state index contributed by atoms with van der Waals surface area (Å²) in [6.07, 6.45) is 1.59. The van der Waals surface area contributed by atoms with Gasteiger partial charge in [0.05, 0.1) is 11.6 Å². The van der Waals surface area contributed by atoms with Crippen molar-refractivity contribution in [2.45, 2.75) is 6.92 Å². The Labute approximate surface area is 154 Å². The van der Waals surface area contributed by atoms with Crippen LogP contribution in [0.1, 0.15) is 5.69 Å². The number of thioether (sulfide) groups is 1. The van der Waals surface area contributed by atoms with E-state index < -0.39 is 5.82 Å². The van der Waals surface area contributed by atoms with E-state index in [0.29, 0.717) is 22.4 Å². The van der Waals surface area contributed by atoms with Crippen LogP contribution in [0, 0.1) is 12.7 Å². The number of phenols is 1. The Kier molecular flexibility index (Phi) is 4.46. The first-order valence-corrected chi connectivity index (χ1v) is 9.39. The zero-order chi connectivity index (χ0) is 18.1. The Morgan fingerprint density at radius 1 is 1.12 bits per heavy atom. The third-order valence-electron chi connectivity index (χ3n) is 4.31. The van der Waals surface area contributed by atoms with Crippen LogP contribution in [-0.4, -0.2) is 38.5 Å². The fraction of sp³-hybridized carbons (Fsp3) is 0.211. The molecule has 7 heteroatoms. The smallest absolute Gasteiger partial charge is 0.151 e. The molecule has 26 heavy (non-hydrogen) atoms. The van der Waals surface area contributed by atoms with E-state index in [4.69, 9.17) is 0 Å². The summed E-state index contributed by atoms with van der Waals surface area (Å²) < 4.78 is 14.6. The highest BCUT2D eigenvalue weighted by molar-refractivity contribution is 7.99. The first-order chi connectivity index (χ1) is 12.6. The minimum absolute atomic E-state index is 0.0410. The summed E-state index contributed by atoms with van der Waals surface area (Å²) in [5.74, 6) is 2.28. The van der Waals surface area contributed by atoms with Gasteiger partial charge in [0.2, 0.25) is 0 Å². The molecule has 0 saturated carbocycles. The second kappa shape index (κ2) is 6.92. The molecule has 3 heterocycles. The van der Waals surface area contributed by atoms with Crippen molar-refractivity contribution in [3.8, 4) is 28.1 Å². The van der Waals surface area contributed by atoms with Gasteiger partial charge in [0.1, 0.15) is 11.6 Å². The summed E-state index contributed by atoms with van der Waals surface area (Å²) in [4.78, 5) is 6.31. The Bertz CT molecular complexity index is 926. The molecule has 0 aliphatic carbocycles. The quantitative estimate of drug-likeness (QED) is 0.757. The van der Waals surface area contributed by atoms with E-state index in [1.165, 1.54) is 12.1 Å². The largest absolute Gasteiger partial charge is 0.507 e. The maximum Gasteiger partial charge on any atom is 0.151 e. The average Bonchev–Trinajstić information content (AvgIpc) is 3.19. The number of rotatable bonds is 3. The molecule has 1 aromatic carbocycles. The van der Waals surface area contributed by atoms with Gasteiger partial charge < -0.3 is 10.0 Å². The van der Waals surface area contributed by atoms with E-state index in [1.807, 2.05) is 24.8 Å². The number of anilines is 1. The van der Waals surface area contributed by atoms with Crippen LogP contribution >= 0.6 is 11.8 Å². The van der Waals surface area contributed by atoms with Gasteiger partial charge in [-0.1, -0.05) is 6.07 Å². The number of pyridine rings is 1. The predicted octanol–water partition coefficient (Wildman–Crippen LogP) is 3.87. The molecule has 4 rings (SSSR count). The first-order valence-electron chi connectivity index (χ1n) is 8.24.